The molecule has 0 bridgehead atoms. The molecule has 1 heterocycles. The van der Waals surface area contributed by atoms with Gasteiger partial charge < -0.3 is 10.5 Å². The molecule has 9 heavy (non-hydrogen) atoms. The van der Waals surface area contributed by atoms with Crippen molar-refractivity contribution in [1.29, 1.82) is 0 Å². The summed E-state index contributed by atoms with van der Waals surface area (Å²) in [5.74, 6) is 0. The number of ether oxygens (including phenoxy) is 1. The molecule has 0 radical (unpaired) electrons. The molecule has 1 aliphatic rings. The minimum atomic E-state index is -0.132. The molecule has 0 aromatic carbocycles. The Morgan fingerprint density at radius 1 is 1.22 bits per heavy atom. The van der Waals surface area contributed by atoms with E-state index in [1.165, 1.54) is 0 Å². The van der Waals surface area contributed by atoms with Crippen molar-refractivity contribution in [2.75, 3.05) is 13.2 Å². The first-order valence-electron chi connectivity index (χ1n) is 3.32. The Kier molecular flexibility index (Phi) is 1.33. The molecule has 1 rings (SSSR count). The summed E-state index contributed by atoms with van der Waals surface area (Å²) >= 11 is 0. The molecule has 0 aromatic heterocycles. The molecule has 0 aliphatic carbocycles. The van der Waals surface area contributed by atoms with Crippen molar-refractivity contribution in [2.24, 2.45) is 11.1 Å². The van der Waals surface area contributed by atoms with Crippen LogP contribution in [0.2, 0.25) is 0 Å². The van der Waals surface area contributed by atoms with Crippen molar-refractivity contribution in [1.82, 2.24) is 0 Å². The summed E-state index contributed by atoms with van der Waals surface area (Å²) in [6, 6.07) is 0. The lowest BCUT2D eigenvalue weighted by Crippen LogP contribution is -2.49. The Morgan fingerprint density at radius 2 is 1.78 bits per heavy atom. The zero-order valence-corrected chi connectivity index (χ0v) is 6.40. The monoisotopic (exact) mass is 129 g/mol. The summed E-state index contributed by atoms with van der Waals surface area (Å²) in [6.07, 6.45) is 0. The van der Waals surface area contributed by atoms with Crippen LogP contribution in [0.1, 0.15) is 20.8 Å². The quantitative estimate of drug-likeness (QED) is 0.524. The smallest absolute Gasteiger partial charge is 0.0649 e. The van der Waals surface area contributed by atoms with E-state index in [4.69, 9.17) is 10.5 Å². The minimum absolute atomic E-state index is 0.132. The average molecular weight is 129 g/mol. The topological polar surface area (TPSA) is 35.2 Å². The van der Waals surface area contributed by atoms with Crippen molar-refractivity contribution in [3.8, 4) is 0 Å². The van der Waals surface area contributed by atoms with Crippen molar-refractivity contribution in [3.63, 3.8) is 0 Å². The Morgan fingerprint density at radius 3 is 1.89 bits per heavy atom. The van der Waals surface area contributed by atoms with Crippen molar-refractivity contribution < 1.29 is 4.74 Å². The van der Waals surface area contributed by atoms with Gasteiger partial charge in [-0.25, -0.2) is 0 Å². The Hall–Kier alpha value is -0.0800. The highest BCUT2D eigenvalue weighted by atomic mass is 16.5. The maximum Gasteiger partial charge on any atom is 0.0649 e. The molecule has 2 N–H and O–H groups in total. The summed E-state index contributed by atoms with van der Waals surface area (Å²) < 4.78 is 5.25. The van der Waals surface area contributed by atoms with Crippen LogP contribution in [0.15, 0.2) is 0 Å². The van der Waals surface area contributed by atoms with Crippen LogP contribution >= 0.6 is 0 Å². The van der Waals surface area contributed by atoms with Gasteiger partial charge >= 0.3 is 0 Å². The predicted molar refractivity (Wildman–Crippen MR) is 37.2 cm³/mol. The highest BCUT2D eigenvalue weighted by Crippen LogP contribution is 2.34. The van der Waals surface area contributed by atoms with Crippen LogP contribution in [-0.2, 0) is 4.74 Å². The van der Waals surface area contributed by atoms with Crippen LogP contribution in [0.4, 0.5) is 0 Å². The molecular weight excluding hydrogens is 114 g/mol. The molecule has 1 aliphatic heterocycles. The molecule has 0 amide bonds. The highest BCUT2D eigenvalue weighted by Gasteiger charge is 2.43. The van der Waals surface area contributed by atoms with Crippen LogP contribution in [0.3, 0.4) is 0 Å². The summed E-state index contributed by atoms with van der Waals surface area (Å²) in [5, 5.41) is 0. The normalized spacial score (nSPS) is 41.3. The largest absolute Gasteiger partial charge is 0.379 e. The fourth-order valence-electron chi connectivity index (χ4n) is 0.878. The fourth-order valence-corrected chi connectivity index (χ4v) is 0.878. The Bertz CT molecular complexity index is 104. The third-order valence-corrected chi connectivity index (χ3v) is 2.41. The van der Waals surface area contributed by atoms with Gasteiger partial charge in [-0.2, -0.15) is 0 Å². The number of hydrogen-bond acceptors (Lipinski definition) is 2. The van der Waals surface area contributed by atoms with Crippen molar-refractivity contribution in [3.05, 3.63) is 0 Å². The van der Waals surface area contributed by atoms with Crippen LogP contribution in [0.25, 0.3) is 0 Å². The zero-order valence-electron chi connectivity index (χ0n) is 6.40. The SMILES string of the molecule is CC1(C)COCC1(C)N. The average Bonchev–Trinajstić information content (AvgIpc) is 1.81. The molecule has 2 heteroatoms. The molecule has 1 fully saturated rings. The van der Waals surface area contributed by atoms with E-state index in [0.717, 1.165) is 6.61 Å². The van der Waals surface area contributed by atoms with E-state index < -0.39 is 0 Å². The molecule has 1 unspecified atom stereocenters. The zero-order chi connectivity index (χ0) is 7.12. The molecular formula is C7H15NO. The van der Waals surface area contributed by atoms with E-state index in [1.54, 1.807) is 0 Å². The summed E-state index contributed by atoms with van der Waals surface area (Å²) in [6.45, 7) is 7.81. The fraction of sp³-hybridized carbons (Fsp3) is 1.00. The van der Waals surface area contributed by atoms with E-state index in [2.05, 4.69) is 13.8 Å². The van der Waals surface area contributed by atoms with Gasteiger partial charge in [-0.15, -0.1) is 0 Å². The summed E-state index contributed by atoms with van der Waals surface area (Å²) in [7, 11) is 0. The summed E-state index contributed by atoms with van der Waals surface area (Å²) in [5.41, 5.74) is 5.94. The van der Waals surface area contributed by atoms with E-state index in [-0.39, 0.29) is 11.0 Å². The van der Waals surface area contributed by atoms with Gasteiger partial charge in [0.05, 0.1) is 13.2 Å². The molecule has 0 spiro atoms. The number of rotatable bonds is 0. The van der Waals surface area contributed by atoms with Gasteiger partial charge in [-0.1, -0.05) is 13.8 Å². The first kappa shape index (κ1) is 7.03. The predicted octanol–water partition coefficient (Wildman–Crippen LogP) is 0.760. The van der Waals surface area contributed by atoms with Crippen molar-refractivity contribution >= 4 is 0 Å². The van der Waals surface area contributed by atoms with Gasteiger partial charge in [-0.05, 0) is 6.92 Å². The van der Waals surface area contributed by atoms with Gasteiger partial charge in [0.2, 0.25) is 0 Å². The lowest BCUT2D eigenvalue weighted by molar-refractivity contribution is 0.166. The minimum Gasteiger partial charge on any atom is -0.379 e. The lowest BCUT2D eigenvalue weighted by Gasteiger charge is -2.31. The molecule has 1 saturated heterocycles. The highest BCUT2D eigenvalue weighted by molar-refractivity contribution is 4.97. The van der Waals surface area contributed by atoms with Crippen LogP contribution in [0.5, 0.6) is 0 Å². The second-order valence-electron chi connectivity index (χ2n) is 3.79. The van der Waals surface area contributed by atoms with E-state index in [1.807, 2.05) is 6.92 Å². The van der Waals surface area contributed by atoms with Gasteiger partial charge in [0, 0.05) is 11.0 Å². The Balaban J connectivity index is 2.75. The standard InChI is InChI=1S/C7H15NO/c1-6(2)4-9-5-7(6,3)8/h4-5,8H2,1-3H3. The molecule has 54 valence electrons. The third-order valence-electron chi connectivity index (χ3n) is 2.41. The van der Waals surface area contributed by atoms with Gasteiger partial charge in [0.25, 0.3) is 0 Å². The van der Waals surface area contributed by atoms with Crippen molar-refractivity contribution in [2.45, 2.75) is 26.3 Å². The van der Waals surface area contributed by atoms with E-state index >= 15 is 0 Å². The molecule has 2 nitrogen and oxygen atoms in total. The molecule has 0 saturated carbocycles. The van der Waals surface area contributed by atoms with Crippen LogP contribution in [0, 0.1) is 5.41 Å². The third kappa shape index (κ3) is 0.970. The lowest BCUT2D eigenvalue weighted by atomic mass is 9.77. The molecule has 0 aromatic rings. The Labute approximate surface area is 56.4 Å². The summed E-state index contributed by atoms with van der Waals surface area (Å²) in [4.78, 5) is 0. The van der Waals surface area contributed by atoms with E-state index in [9.17, 15) is 0 Å². The van der Waals surface area contributed by atoms with Crippen LogP contribution in [-0.4, -0.2) is 18.8 Å². The maximum atomic E-state index is 5.93. The second-order valence-corrected chi connectivity index (χ2v) is 3.79. The molecule has 1 atom stereocenters. The van der Waals surface area contributed by atoms with Crippen LogP contribution < -0.4 is 5.73 Å². The first-order valence-corrected chi connectivity index (χ1v) is 3.32. The first-order chi connectivity index (χ1) is 3.96. The van der Waals surface area contributed by atoms with Gasteiger partial charge in [0.1, 0.15) is 0 Å². The second kappa shape index (κ2) is 1.70. The van der Waals surface area contributed by atoms with E-state index in [0.29, 0.717) is 6.61 Å². The number of nitrogens with two attached hydrogens (primary N) is 1. The van der Waals surface area contributed by atoms with Gasteiger partial charge in [-0.3, -0.25) is 0 Å². The van der Waals surface area contributed by atoms with Gasteiger partial charge in [0.15, 0.2) is 0 Å². The number of hydrogen-bond donors (Lipinski definition) is 1. The maximum absolute atomic E-state index is 5.93.